The molecule has 2 aromatic rings. The van der Waals surface area contributed by atoms with Gasteiger partial charge in [-0.15, -0.1) is 11.3 Å². The second-order valence-corrected chi connectivity index (χ2v) is 6.67. The van der Waals surface area contributed by atoms with Gasteiger partial charge < -0.3 is 15.0 Å². The monoisotopic (exact) mass is 344 g/mol. The van der Waals surface area contributed by atoms with Crippen molar-refractivity contribution in [1.82, 2.24) is 10.2 Å². The molecule has 0 spiro atoms. The number of nitrogens with zero attached hydrogens (tertiary/aromatic N) is 1. The molecule has 1 unspecified atom stereocenters. The van der Waals surface area contributed by atoms with E-state index in [2.05, 4.69) is 5.32 Å². The molecule has 1 N–H and O–H groups in total. The second-order valence-electron chi connectivity index (χ2n) is 5.64. The summed E-state index contributed by atoms with van der Waals surface area (Å²) < 4.78 is 5.76. The molecule has 0 saturated carbocycles. The van der Waals surface area contributed by atoms with Crippen molar-refractivity contribution in [1.29, 1.82) is 0 Å². The van der Waals surface area contributed by atoms with Crippen LogP contribution in [0.3, 0.4) is 0 Å². The van der Waals surface area contributed by atoms with Crippen LogP contribution in [0, 0.1) is 0 Å². The highest BCUT2D eigenvalue weighted by Gasteiger charge is 2.25. The van der Waals surface area contributed by atoms with E-state index in [0.29, 0.717) is 26.1 Å². The van der Waals surface area contributed by atoms with Crippen LogP contribution in [0.2, 0.25) is 0 Å². The molecule has 5 nitrogen and oxygen atoms in total. The largest absolute Gasteiger partial charge is 0.370 e. The SMILES string of the molecule is O=C(Cc1cccs1)NCC(=O)N1CCOC(c2ccccc2)C1. The summed E-state index contributed by atoms with van der Waals surface area (Å²) in [6, 6.07) is 13.7. The van der Waals surface area contributed by atoms with Crippen LogP contribution in [0.5, 0.6) is 0 Å². The highest BCUT2D eigenvalue weighted by atomic mass is 32.1. The molecule has 6 heteroatoms. The van der Waals surface area contributed by atoms with Gasteiger partial charge in [0.05, 0.1) is 26.1 Å². The van der Waals surface area contributed by atoms with Crippen LogP contribution in [0.1, 0.15) is 16.5 Å². The van der Waals surface area contributed by atoms with Gasteiger partial charge in [-0.05, 0) is 17.0 Å². The fraction of sp³-hybridized carbons (Fsp3) is 0.333. The molecule has 0 bridgehead atoms. The predicted molar refractivity (Wildman–Crippen MR) is 92.7 cm³/mol. The molecule has 2 amide bonds. The average molecular weight is 344 g/mol. The van der Waals surface area contributed by atoms with Crippen LogP contribution in [-0.2, 0) is 20.7 Å². The van der Waals surface area contributed by atoms with Gasteiger partial charge in [0, 0.05) is 11.4 Å². The van der Waals surface area contributed by atoms with Crippen LogP contribution in [-0.4, -0.2) is 43.0 Å². The molecule has 1 aliphatic rings. The Morgan fingerprint density at radius 3 is 2.79 bits per heavy atom. The summed E-state index contributed by atoms with van der Waals surface area (Å²) >= 11 is 1.54. The Labute approximate surface area is 145 Å². The number of thiophene rings is 1. The molecule has 1 atom stereocenters. The predicted octanol–water partition coefficient (Wildman–Crippen LogP) is 2.01. The normalized spacial score (nSPS) is 17.5. The molecule has 1 aromatic heterocycles. The van der Waals surface area contributed by atoms with Crippen LogP contribution in [0.15, 0.2) is 47.8 Å². The van der Waals surface area contributed by atoms with Gasteiger partial charge in [0.2, 0.25) is 11.8 Å². The van der Waals surface area contributed by atoms with Crippen LogP contribution < -0.4 is 5.32 Å². The minimum atomic E-state index is -0.126. The number of hydrogen-bond acceptors (Lipinski definition) is 4. The van der Waals surface area contributed by atoms with E-state index in [0.717, 1.165) is 10.4 Å². The topological polar surface area (TPSA) is 58.6 Å². The van der Waals surface area contributed by atoms with Gasteiger partial charge in [-0.2, -0.15) is 0 Å². The number of amides is 2. The summed E-state index contributed by atoms with van der Waals surface area (Å²) in [5.41, 5.74) is 1.07. The van der Waals surface area contributed by atoms with E-state index < -0.39 is 0 Å². The number of carbonyl (C=O) groups is 2. The van der Waals surface area contributed by atoms with Crippen molar-refractivity contribution in [2.75, 3.05) is 26.2 Å². The maximum Gasteiger partial charge on any atom is 0.242 e. The lowest BCUT2D eigenvalue weighted by Crippen LogP contribution is -2.46. The summed E-state index contributed by atoms with van der Waals surface area (Å²) in [6.07, 6.45) is 0.214. The highest BCUT2D eigenvalue weighted by molar-refractivity contribution is 7.10. The van der Waals surface area contributed by atoms with Crippen molar-refractivity contribution >= 4 is 23.2 Å². The van der Waals surface area contributed by atoms with E-state index in [1.165, 1.54) is 11.3 Å². The lowest BCUT2D eigenvalue weighted by Gasteiger charge is -2.33. The first kappa shape index (κ1) is 16.7. The van der Waals surface area contributed by atoms with Gasteiger partial charge in [0.15, 0.2) is 0 Å². The summed E-state index contributed by atoms with van der Waals surface area (Å²) in [5.74, 6) is -0.197. The first-order valence-corrected chi connectivity index (χ1v) is 8.84. The molecule has 24 heavy (non-hydrogen) atoms. The van der Waals surface area contributed by atoms with Crippen molar-refractivity contribution in [2.45, 2.75) is 12.5 Å². The van der Waals surface area contributed by atoms with Crippen molar-refractivity contribution in [2.24, 2.45) is 0 Å². The Morgan fingerprint density at radius 2 is 2.04 bits per heavy atom. The van der Waals surface area contributed by atoms with Gasteiger partial charge in [-0.3, -0.25) is 9.59 Å². The van der Waals surface area contributed by atoms with E-state index in [9.17, 15) is 9.59 Å². The molecule has 126 valence electrons. The minimum absolute atomic E-state index is 0.0335. The van der Waals surface area contributed by atoms with E-state index in [-0.39, 0.29) is 24.5 Å². The third kappa shape index (κ3) is 4.43. The molecule has 0 radical (unpaired) electrons. The smallest absolute Gasteiger partial charge is 0.242 e. The first-order valence-electron chi connectivity index (χ1n) is 7.96. The van der Waals surface area contributed by atoms with Gasteiger partial charge >= 0.3 is 0 Å². The average Bonchev–Trinajstić information content (AvgIpc) is 3.13. The fourth-order valence-electron chi connectivity index (χ4n) is 2.67. The summed E-state index contributed by atoms with van der Waals surface area (Å²) in [7, 11) is 0. The Balaban J connectivity index is 1.48. The molecule has 0 aliphatic carbocycles. The van der Waals surface area contributed by atoms with Crippen molar-refractivity contribution in [3.8, 4) is 0 Å². The third-order valence-electron chi connectivity index (χ3n) is 3.94. The summed E-state index contributed by atoms with van der Waals surface area (Å²) in [5, 5.41) is 4.64. The number of rotatable bonds is 5. The molecular formula is C18H20N2O3S. The molecule has 3 rings (SSSR count). The maximum absolute atomic E-state index is 12.3. The van der Waals surface area contributed by atoms with Crippen LogP contribution >= 0.6 is 11.3 Å². The quantitative estimate of drug-likeness (QED) is 0.903. The molecule has 1 aromatic carbocycles. The number of ether oxygens (including phenoxy) is 1. The van der Waals surface area contributed by atoms with Crippen LogP contribution in [0.4, 0.5) is 0 Å². The zero-order valence-electron chi connectivity index (χ0n) is 13.3. The molecular weight excluding hydrogens is 324 g/mol. The van der Waals surface area contributed by atoms with E-state index in [1.54, 1.807) is 4.90 Å². The molecule has 1 aliphatic heterocycles. The number of nitrogens with one attached hydrogen (secondary N) is 1. The van der Waals surface area contributed by atoms with Gasteiger partial charge in [0.25, 0.3) is 0 Å². The maximum atomic E-state index is 12.3. The summed E-state index contributed by atoms with van der Waals surface area (Å²) in [6.45, 7) is 1.62. The Bertz CT molecular complexity index is 673. The first-order chi connectivity index (χ1) is 11.7. The van der Waals surface area contributed by atoms with Crippen molar-refractivity contribution in [3.05, 3.63) is 58.3 Å². The molecule has 1 fully saturated rings. The van der Waals surface area contributed by atoms with E-state index in [1.807, 2.05) is 47.8 Å². The second kappa shape index (κ2) is 8.08. The lowest BCUT2D eigenvalue weighted by atomic mass is 10.1. The van der Waals surface area contributed by atoms with E-state index >= 15 is 0 Å². The zero-order valence-corrected chi connectivity index (χ0v) is 14.1. The lowest BCUT2D eigenvalue weighted by molar-refractivity contribution is -0.139. The van der Waals surface area contributed by atoms with Crippen LogP contribution in [0.25, 0.3) is 0 Å². The molecule has 2 heterocycles. The fourth-order valence-corrected chi connectivity index (χ4v) is 3.37. The Morgan fingerprint density at radius 1 is 1.21 bits per heavy atom. The Hall–Kier alpha value is -2.18. The number of benzene rings is 1. The van der Waals surface area contributed by atoms with E-state index in [4.69, 9.17) is 4.74 Å². The standard InChI is InChI=1S/C18H20N2O3S/c21-17(11-15-7-4-10-24-15)19-12-18(22)20-8-9-23-16(13-20)14-5-2-1-3-6-14/h1-7,10,16H,8-9,11-13H2,(H,19,21). The number of hydrogen-bond donors (Lipinski definition) is 1. The number of carbonyl (C=O) groups excluding carboxylic acids is 2. The minimum Gasteiger partial charge on any atom is -0.370 e. The highest BCUT2D eigenvalue weighted by Crippen LogP contribution is 2.21. The molecule has 1 saturated heterocycles. The van der Waals surface area contributed by atoms with Gasteiger partial charge in [-0.25, -0.2) is 0 Å². The Kier molecular flexibility index (Phi) is 5.61. The summed E-state index contributed by atoms with van der Waals surface area (Å²) in [4.78, 5) is 27.0. The zero-order chi connectivity index (χ0) is 16.8. The van der Waals surface area contributed by atoms with Crippen molar-refractivity contribution in [3.63, 3.8) is 0 Å². The third-order valence-corrected chi connectivity index (χ3v) is 4.82. The van der Waals surface area contributed by atoms with Crippen molar-refractivity contribution < 1.29 is 14.3 Å². The van der Waals surface area contributed by atoms with Gasteiger partial charge in [-0.1, -0.05) is 36.4 Å². The van der Waals surface area contributed by atoms with Gasteiger partial charge in [0.1, 0.15) is 6.10 Å². The number of morpholine rings is 1.